The van der Waals surface area contributed by atoms with E-state index in [1.54, 1.807) is 22.5 Å². The van der Waals surface area contributed by atoms with Crippen molar-refractivity contribution in [3.63, 3.8) is 0 Å². The van der Waals surface area contributed by atoms with Gasteiger partial charge in [0.05, 0.1) is 4.90 Å². The third-order valence-electron chi connectivity index (χ3n) is 7.59. The molecule has 1 fully saturated rings. The van der Waals surface area contributed by atoms with Gasteiger partial charge in [0.25, 0.3) is 0 Å². The number of guanidine groups is 1. The highest BCUT2D eigenvalue weighted by Crippen LogP contribution is 2.24. The lowest BCUT2D eigenvalue weighted by Gasteiger charge is -2.23. The Morgan fingerprint density at radius 2 is 1.48 bits per heavy atom. The zero-order chi connectivity index (χ0) is 29.4. The van der Waals surface area contributed by atoms with Gasteiger partial charge in [-0.05, 0) is 44.4 Å². The zero-order valence-corrected chi connectivity index (χ0v) is 26.5. The Labute approximate surface area is 243 Å². The number of unbranched alkanes of at least 4 members (excludes halogenated alkanes) is 10. The fourth-order valence-electron chi connectivity index (χ4n) is 4.95. The van der Waals surface area contributed by atoms with Gasteiger partial charge in [0.2, 0.25) is 16.0 Å². The molecule has 1 saturated heterocycles. The first-order valence-electron chi connectivity index (χ1n) is 15.5. The molecule has 0 unspecified atom stereocenters. The number of likely N-dealkylation sites (N-methyl/N-ethyl adjacent to an activating group) is 2. The van der Waals surface area contributed by atoms with Crippen LogP contribution in [0.1, 0.15) is 103 Å². The number of amides is 2. The summed E-state index contributed by atoms with van der Waals surface area (Å²) in [4.78, 5) is 17.0. The van der Waals surface area contributed by atoms with Crippen LogP contribution in [-0.4, -0.2) is 74.3 Å². The molecule has 0 aromatic heterocycles. The van der Waals surface area contributed by atoms with Crippen molar-refractivity contribution in [3.8, 4) is 0 Å². The van der Waals surface area contributed by atoms with E-state index >= 15 is 0 Å². The van der Waals surface area contributed by atoms with E-state index in [2.05, 4.69) is 34.6 Å². The van der Waals surface area contributed by atoms with Crippen LogP contribution >= 0.6 is 0 Å². The highest BCUT2D eigenvalue weighted by Gasteiger charge is 2.25. The van der Waals surface area contributed by atoms with Crippen molar-refractivity contribution in [3.05, 3.63) is 23.8 Å². The lowest BCUT2D eigenvalue weighted by Crippen LogP contribution is -2.35. The molecule has 2 N–H and O–H groups in total. The topological polar surface area (TPSA) is 97.3 Å². The molecule has 0 bridgehead atoms. The van der Waals surface area contributed by atoms with Crippen LogP contribution in [0.4, 0.5) is 10.5 Å². The highest BCUT2D eigenvalue weighted by molar-refractivity contribution is 7.89. The molecule has 1 heterocycles. The van der Waals surface area contributed by atoms with Gasteiger partial charge in [0, 0.05) is 45.5 Å². The van der Waals surface area contributed by atoms with Gasteiger partial charge in [-0.1, -0.05) is 84.1 Å². The van der Waals surface area contributed by atoms with Gasteiger partial charge < -0.3 is 15.1 Å². The summed E-state index contributed by atoms with van der Waals surface area (Å²) in [5.74, 6) is 0.714. The Bertz CT molecular complexity index is 1010. The lowest BCUT2D eigenvalue weighted by atomic mass is 10.1. The summed E-state index contributed by atoms with van der Waals surface area (Å²) in [6.45, 7) is 11.9. The van der Waals surface area contributed by atoms with Gasteiger partial charge in [-0.25, -0.2) is 18.6 Å². The maximum Gasteiger partial charge on any atom is 0.339 e. The molecule has 1 aromatic rings. The standard InChI is InChI=1S/C30H54N6O3S/c1-6-9-11-13-15-17-21-36(22-18-16-14-12-10-7-2)40(38,39)27-20-19-26(4)28(25-27)31-29(37)32-33-30-34(5)23-24-35(30)8-3/h19-20,25H,6-18,21-24H2,1-5H3,(H2,31,32,37)/b33-30+. The largest absolute Gasteiger partial charge is 0.343 e. The molecule has 0 spiro atoms. The quantitative estimate of drug-likeness (QED) is 0.147. The number of nitrogens with zero attached hydrogens (tertiary/aromatic N) is 4. The number of sulfonamides is 1. The van der Waals surface area contributed by atoms with Crippen LogP contribution in [0.25, 0.3) is 0 Å². The van der Waals surface area contributed by atoms with Gasteiger partial charge in [-0.15, -0.1) is 5.10 Å². The van der Waals surface area contributed by atoms with Crippen LogP contribution in [0, 0.1) is 6.92 Å². The van der Waals surface area contributed by atoms with E-state index in [1.807, 2.05) is 25.8 Å². The van der Waals surface area contributed by atoms with E-state index in [4.69, 9.17) is 0 Å². The minimum Gasteiger partial charge on any atom is -0.343 e. The predicted molar refractivity (Wildman–Crippen MR) is 166 cm³/mol. The molecule has 9 nitrogen and oxygen atoms in total. The number of hydrazone groups is 1. The van der Waals surface area contributed by atoms with Gasteiger partial charge in [0.1, 0.15) is 0 Å². The Balaban J connectivity index is 2.10. The molecule has 40 heavy (non-hydrogen) atoms. The average Bonchev–Trinajstić information content (AvgIpc) is 3.30. The van der Waals surface area contributed by atoms with Crippen molar-refractivity contribution < 1.29 is 13.2 Å². The zero-order valence-electron chi connectivity index (χ0n) is 25.7. The SMILES string of the molecule is CCCCCCCCN(CCCCCCCC)S(=O)(=O)c1ccc(C)c(NC(=O)N/N=C2\N(C)CCN2CC)c1. The summed E-state index contributed by atoms with van der Waals surface area (Å²) in [6, 6.07) is 4.48. The van der Waals surface area contributed by atoms with E-state index in [-0.39, 0.29) is 4.90 Å². The van der Waals surface area contributed by atoms with Gasteiger partial charge in [-0.3, -0.25) is 0 Å². The fourth-order valence-corrected chi connectivity index (χ4v) is 6.50. The summed E-state index contributed by atoms with van der Waals surface area (Å²) in [5.41, 5.74) is 3.82. The third-order valence-corrected chi connectivity index (χ3v) is 9.48. The van der Waals surface area contributed by atoms with E-state index < -0.39 is 16.1 Å². The second kappa shape index (κ2) is 18.2. The minimum atomic E-state index is -3.69. The lowest BCUT2D eigenvalue weighted by molar-refractivity contribution is 0.252. The van der Waals surface area contributed by atoms with Crippen LogP contribution in [-0.2, 0) is 10.0 Å². The van der Waals surface area contributed by atoms with Gasteiger partial charge >= 0.3 is 6.03 Å². The first-order chi connectivity index (χ1) is 19.2. The number of hydrogen-bond acceptors (Lipinski definition) is 4. The summed E-state index contributed by atoms with van der Waals surface area (Å²) >= 11 is 0. The van der Waals surface area contributed by atoms with E-state index in [0.29, 0.717) is 24.7 Å². The van der Waals surface area contributed by atoms with Crippen molar-refractivity contribution >= 4 is 27.7 Å². The Kier molecular flexibility index (Phi) is 15.4. The number of carbonyl (C=O) groups excluding carboxylic acids is 1. The number of aryl methyl sites for hydroxylation is 1. The number of nitrogens with one attached hydrogen (secondary N) is 2. The fraction of sp³-hybridized carbons (Fsp3) is 0.733. The molecule has 2 amide bonds. The normalized spacial score (nSPS) is 14.9. The average molecular weight is 579 g/mol. The molecule has 10 heteroatoms. The molecule has 0 atom stereocenters. The number of urea groups is 1. The van der Waals surface area contributed by atoms with Crippen molar-refractivity contribution in [2.45, 2.75) is 110 Å². The Hall–Kier alpha value is -2.33. The first kappa shape index (κ1) is 33.9. The minimum absolute atomic E-state index is 0.212. The second-order valence-electron chi connectivity index (χ2n) is 10.9. The second-order valence-corrected chi connectivity index (χ2v) is 12.8. The molecule has 0 radical (unpaired) electrons. The van der Waals surface area contributed by atoms with Crippen LogP contribution < -0.4 is 10.7 Å². The molecule has 228 valence electrons. The maximum absolute atomic E-state index is 13.8. The van der Waals surface area contributed by atoms with Crippen LogP contribution in [0.2, 0.25) is 0 Å². The summed E-state index contributed by atoms with van der Waals surface area (Å²) in [7, 11) is -1.75. The predicted octanol–water partition coefficient (Wildman–Crippen LogP) is 6.37. The van der Waals surface area contributed by atoms with E-state index in [0.717, 1.165) is 63.7 Å². The van der Waals surface area contributed by atoms with Crippen LogP contribution in [0.15, 0.2) is 28.2 Å². The van der Waals surface area contributed by atoms with E-state index in [9.17, 15) is 13.2 Å². The summed E-state index contributed by atoms with van der Waals surface area (Å²) in [5, 5.41) is 7.08. The first-order valence-corrected chi connectivity index (χ1v) is 16.9. The van der Waals surface area contributed by atoms with Crippen molar-refractivity contribution in [1.82, 2.24) is 19.5 Å². The number of hydrogen-bond donors (Lipinski definition) is 2. The molecule has 2 rings (SSSR count). The molecule has 1 aliphatic rings. The third kappa shape index (κ3) is 10.9. The van der Waals surface area contributed by atoms with Gasteiger partial charge in [-0.2, -0.15) is 4.31 Å². The maximum atomic E-state index is 13.8. The number of benzene rings is 1. The van der Waals surface area contributed by atoms with Crippen LogP contribution in [0.5, 0.6) is 0 Å². The van der Waals surface area contributed by atoms with E-state index in [1.165, 1.54) is 38.5 Å². The van der Waals surface area contributed by atoms with Gasteiger partial charge in [0.15, 0.2) is 0 Å². The number of anilines is 1. The smallest absolute Gasteiger partial charge is 0.339 e. The molecule has 1 aliphatic heterocycles. The monoisotopic (exact) mass is 578 g/mol. The van der Waals surface area contributed by atoms with Crippen LogP contribution in [0.3, 0.4) is 0 Å². The molecule has 0 aliphatic carbocycles. The summed E-state index contributed by atoms with van der Waals surface area (Å²) < 4.78 is 29.2. The van der Waals surface area contributed by atoms with Crippen molar-refractivity contribution in [1.29, 1.82) is 0 Å². The molecular weight excluding hydrogens is 524 g/mol. The Morgan fingerprint density at radius 1 is 0.900 bits per heavy atom. The summed E-state index contributed by atoms with van der Waals surface area (Å²) in [6.07, 6.45) is 13.3. The number of rotatable bonds is 19. The molecular formula is C30H54N6O3S. The molecule has 1 aromatic carbocycles. The van der Waals surface area contributed by atoms with Crippen molar-refractivity contribution in [2.24, 2.45) is 5.10 Å². The van der Waals surface area contributed by atoms with Crippen molar-refractivity contribution in [2.75, 3.05) is 45.1 Å². The highest BCUT2D eigenvalue weighted by atomic mass is 32.2. The molecule has 0 saturated carbocycles. The Morgan fingerprint density at radius 3 is 2.05 bits per heavy atom. The number of carbonyl (C=O) groups is 1.